The highest BCUT2D eigenvalue weighted by Gasteiger charge is 2.36. The van der Waals surface area contributed by atoms with E-state index in [9.17, 15) is 14.9 Å². The molecule has 2 aliphatic rings. The van der Waals surface area contributed by atoms with E-state index in [1.54, 1.807) is 25.3 Å². The third-order valence-electron chi connectivity index (χ3n) is 5.91. The number of esters is 1. The van der Waals surface area contributed by atoms with Gasteiger partial charge in [-0.3, -0.25) is 9.82 Å². The SMILES string of the molecule is Cc1ncc2c(c1OC(=O)[C@H](O[N+](=O)[O-])C1CCCCC1)CO[C@H]2c1ccc(Cl)cc1. The number of carbonyl (C=O) groups excluding carboxylic acids is 1. The highest BCUT2D eigenvalue weighted by molar-refractivity contribution is 6.30. The summed E-state index contributed by atoms with van der Waals surface area (Å²) < 4.78 is 11.6. The van der Waals surface area contributed by atoms with Crippen molar-refractivity contribution in [2.75, 3.05) is 0 Å². The second-order valence-corrected chi connectivity index (χ2v) is 8.35. The summed E-state index contributed by atoms with van der Waals surface area (Å²) in [6, 6.07) is 7.31. The van der Waals surface area contributed by atoms with Gasteiger partial charge in [0.2, 0.25) is 6.10 Å². The Kier molecular flexibility index (Phi) is 6.38. The fourth-order valence-corrected chi connectivity index (χ4v) is 4.47. The summed E-state index contributed by atoms with van der Waals surface area (Å²) in [5.74, 6) is -0.724. The van der Waals surface area contributed by atoms with Crippen molar-refractivity contribution in [2.24, 2.45) is 5.92 Å². The van der Waals surface area contributed by atoms with E-state index in [4.69, 9.17) is 25.9 Å². The lowest BCUT2D eigenvalue weighted by atomic mass is 9.85. The van der Waals surface area contributed by atoms with E-state index in [-0.39, 0.29) is 24.4 Å². The lowest BCUT2D eigenvalue weighted by Gasteiger charge is -2.27. The number of pyridine rings is 1. The van der Waals surface area contributed by atoms with Crippen LogP contribution in [0, 0.1) is 23.0 Å². The van der Waals surface area contributed by atoms with Crippen molar-refractivity contribution >= 4 is 17.6 Å². The molecule has 2 heterocycles. The molecule has 4 rings (SSSR count). The smallest absolute Gasteiger partial charge is 0.341 e. The van der Waals surface area contributed by atoms with Gasteiger partial charge in [-0.15, -0.1) is 10.1 Å². The normalized spacial score (nSPS) is 19.5. The van der Waals surface area contributed by atoms with Crippen LogP contribution in [0.2, 0.25) is 5.02 Å². The first kappa shape index (κ1) is 21.5. The van der Waals surface area contributed by atoms with E-state index < -0.39 is 17.2 Å². The molecule has 31 heavy (non-hydrogen) atoms. The van der Waals surface area contributed by atoms with Crippen molar-refractivity contribution in [2.45, 2.75) is 57.8 Å². The average Bonchev–Trinajstić information content (AvgIpc) is 3.19. The minimum absolute atomic E-state index is 0.235. The van der Waals surface area contributed by atoms with Crippen molar-refractivity contribution in [3.05, 3.63) is 68.0 Å². The zero-order valence-electron chi connectivity index (χ0n) is 17.1. The molecule has 1 aromatic carbocycles. The summed E-state index contributed by atoms with van der Waals surface area (Å²) in [7, 11) is 0. The fourth-order valence-electron chi connectivity index (χ4n) is 4.34. The zero-order chi connectivity index (χ0) is 22.0. The van der Waals surface area contributed by atoms with E-state index in [1.807, 2.05) is 12.1 Å². The number of nitrogens with zero attached hydrogens (tertiary/aromatic N) is 2. The number of hydrogen-bond donors (Lipinski definition) is 0. The number of halogens is 1. The molecule has 0 radical (unpaired) electrons. The number of hydrogen-bond acceptors (Lipinski definition) is 7. The van der Waals surface area contributed by atoms with Gasteiger partial charge < -0.3 is 9.47 Å². The second kappa shape index (κ2) is 9.20. The van der Waals surface area contributed by atoms with E-state index in [0.29, 0.717) is 29.1 Å². The molecule has 1 aromatic heterocycles. The number of ether oxygens (including phenoxy) is 2. The van der Waals surface area contributed by atoms with Gasteiger partial charge in [-0.1, -0.05) is 43.0 Å². The van der Waals surface area contributed by atoms with Crippen molar-refractivity contribution in [3.63, 3.8) is 0 Å². The molecule has 8 nitrogen and oxygen atoms in total. The van der Waals surface area contributed by atoms with Crippen molar-refractivity contribution in [3.8, 4) is 5.75 Å². The molecule has 2 aromatic rings. The number of aryl methyl sites for hydroxylation is 1. The maximum Gasteiger partial charge on any atom is 0.341 e. The molecule has 1 saturated carbocycles. The lowest BCUT2D eigenvalue weighted by molar-refractivity contribution is -0.766. The molecule has 0 N–H and O–H groups in total. The van der Waals surface area contributed by atoms with Crippen LogP contribution in [0.4, 0.5) is 0 Å². The third-order valence-corrected chi connectivity index (χ3v) is 6.16. The minimum Gasteiger partial charge on any atom is -0.423 e. The molecular formula is C22H23ClN2O6. The van der Waals surface area contributed by atoms with Gasteiger partial charge in [0.05, 0.1) is 12.3 Å². The van der Waals surface area contributed by atoms with Crippen molar-refractivity contribution < 1.29 is 24.2 Å². The third kappa shape index (κ3) is 4.65. The van der Waals surface area contributed by atoms with Crippen LogP contribution >= 0.6 is 11.6 Å². The van der Waals surface area contributed by atoms with Gasteiger partial charge in [0.15, 0.2) is 5.75 Å². The molecule has 2 atom stereocenters. The Hall–Kier alpha value is -2.71. The average molecular weight is 447 g/mol. The van der Waals surface area contributed by atoms with Gasteiger partial charge in [0, 0.05) is 22.3 Å². The van der Waals surface area contributed by atoms with Gasteiger partial charge in [-0.2, -0.15) is 0 Å². The number of benzene rings is 1. The monoisotopic (exact) mass is 446 g/mol. The standard InChI is InChI=1S/C22H23ClN2O6/c1-13-19(30-22(26)21(31-25(27)28)14-5-3-2-4-6-14)18-12-29-20(17(18)11-24-13)15-7-9-16(23)10-8-15/h7-11,14,20-21H,2-6,12H2,1H3/t20-,21+/m0/s1. The summed E-state index contributed by atoms with van der Waals surface area (Å²) in [4.78, 5) is 33.1. The molecular weight excluding hydrogens is 424 g/mol. The summed E-state index contributed by atoms with van der Waals surface area (Å²) in [5, 5.41) is 10.7. The van der Waals surface area contributed by atoms with Crippen LogP contribution in [0.3, 0.4) is 0 Å². The van der Waals surface area contributed by atoms with Crippen LogP contribution in [0.15, 0.2) is 30.5 Å². The largest absolute Gasteiger partial charge is 0.423 e. The fraction of sp³-hybridized carbons (Fsp3) is 0.455. The number of aromatic nitrogens is 1. The summed E-state index contributed by atoms with van der Waals surface area (Å²) in [6.07, 6.45) is 4.36. The van der Waals surface area contributed by atoms with Crippen LogP contribution in [0.25, 0.3) is 0 Å². The van der Waals surface area contributed by atoms with Crippen LogP contribution in [0.5, 0.6) is 5.75 Å². The Labute approximate surface area is 184 Å². The van der Waals surface area contributed by atoms with Crippen LogP contribution in [-0.4, -0.2) is 22.1 Å². The highest BCUT2D eigenvalue weighted by atomic mass is 35.5. The Morgan fingerprint density at radius 1 is 1.26 bits per heavy atom. The quantitative estimate of drug-likeness (QED) is 0.359. The zero-order valence-corrected chi connectivity index (χ0v) is 17.8. The van der Waals surface area contributed by atoms with Gasteiger partial charge in [-0.05, 0) is 43.4 Å². The van der Waals surface area contributed by atoms with E-state index in [1.165, 1.54) is 0 Å². The van der Waals surface area contributed by atoms with E-state index in [0.717, 1.165) is 30.4 Å². The van der Waals surface area contributed by atoms with Gasteiger partial charge in [0.25, 0.3) is 5.09 Å². The molecule has 0 bridgehead atoms. The van der Waals surface area contributed by atoms with E-state index in [2.05, 4.69) is 4.98 Å². The molecule has 9 heteroatoms. The van der Waals surface area contributed by atoms with Gasteiger partial charge in [0.1, 0.15) is 6.10 Å². The molecule has 0 amide bonds. The lowest BCUT2D eigenvalue weighted by Crippen LogP contribution is -2.38. The van der Waals surface area contributed by atoms with Crippen LogP contribution in [-0.2, 0) is 21.0 Å². The van der Waals surface area contributed by atoms with Crippen molar-refractivity contribution in [1.29, 1.82) is 0 Å². The van der Waals surface area contributed by atoms with Gasteiger partial charge >= 0.3 is 5.97 Å². The van der Waals surface area contributed by atoms with Crippen LogP contribution < -0.4 is 4.74 Å². The maximum absolute atomic E-state index is 13.0. The summed E-state index contributed by atoms with van der Waals surface area (Å²) in [5.41, 5.74) is 2.92. The number of rotatable bonds is 6. The molecule has 0 spiro atoms. The molecule has 1 aliphatic heterocycles. The Bertz CT molecular complexity index is 975. The summed E-state index contributed by atoms with van der Waals surface area (Å²) in [6.45, 7) is 1.96. The summed E-state index contributed by atoms with van der Waals surface area (Å²) >= 11 is 5.98. The maximum atomic E-state index is 13.0. The predicted octanol–water partition coefficient (Wildman–Crippen LogP) is 4.73. The highest BCUT2D eigenvalue weighted by Crippen LogP contribution is 2.41. The molecule has 1 fully saturated rings. The Morgan fingerprint density at radius 3 is 2.65 bits per heavy atom. The van der Waals surface area contributed by atoms with Crippen LogP contribution in [0.1, 0.15) is 60.6 Å². The minimum atomic E-state index is -1.25. The molecule has 0 unspecified atom stereocenters. The number of carbonyl (C=O) groups is 1. The van der Waals surface area contributed by atoms with Gasteiger partial charge in [-0.25, -0.2) is 4.79 Å². The van der Waals surface area contributed by atoms with E-state index >= 15 is 0 Å². The molecule has 164 valence electrons. The molecule has 0 saturated heterocycles. The first-order chi connectivity index (χ1) is 14.9. The Morgan fingerprint density at radius 2 is 1.97 bits per heavy atom. The second-order valence-electron chi connectivity index (χ2n) is 7.92. The van der Waals surface area contributed by atoms with Crippen molar-refractivity contribution in [1.82, 2.24) is 4.98 Å². The molecule has 1 aliphatic carbocycles. The first-order valence-corrected chi connectivity index (χ1v) is 10.7. The Balaban J connectivity index is 1.60. The number of fused-ring (bicyclic) bond motifs is 1. The predicted molar refractivity (Wildman–Crippen MR) is 111 cm³/mol. The topological polar surface area (TPSA) is 101 Å². The first-order valence-electron chi connectivity index (χ1n) is 10.3.